The molecule has 0 fully saturated rings. The summed E-state index contributed by atoms with van der Waals surface area (Å²) in [5.41, 5.74) is 1.10. The third kappa shape index (κ3) is 10.4. The molecule has 0 heterocycles. The SMILES string of the molecule is CC(CCN(CCCCNC(=O)C(F)(F)F)Cc1ccccc1)NC(=O)O. The van der Waals surface area contributed by atoms with Crippen molar-refractivity contribution in [1.29, 1.82) is 0 Å². The van der Waals surface area contributed by atoms with Crippen molar-refractivity contribution in [3.05, 3.63) is 35.9 Å². The van der Waals surface area contributed by atoms with Gasteiger partial charge in [-0.3, -0.25) is 9.69 Å². The predicted octanol–water partition coefficient (Wildman–Crippen LogP) is 2.99. The fourth-order valence-electron chi connectivity index (χ4n) is 2.53. The Hall–Kier alpha value is -2.29. The third-order valence-electron chi connectivity index (χ3n) is 3.94. The van der Waals surface area contributed by atoms with Crippen molar-refractivity contribution in [2.24, 2.45) is 0 Å². The number of alkyl halides is 3. The minimum atomic E-state index is -4.85. The third-order valence-corrected chi connectivity index (χ3v) is 3.94. The van der Waals surface area contributed by atoms with Crippen molar-refractivity contribution < 1.29 is 27.9 Å². The standard InChI is InChI=1S/C18H26F3N3O3/c1-14(23-17(26)27)9-12-24(13-15-7-3-2-4-8-15)11-6-5-10-22-16(25)18(19,20)21/h2-4,7-8,14,23H,5-6,9-13H2,1H3,(H,22,25)(H,26,27). The summed E-state index contributed by atoms with van der Waals surface area (Å²) in [5, 5.41) is 13.0. The van der Waals surface area contributed by atoms with Gasteiger partial charge in [0.05, 0.1) is 0 Å². The van der Waals surface area contributed by atoms with Crippen LogP contribution in [0.1, 0.15) is 31.7 Å². The molecule has 27 heavy (non-hydrogen) atoms. The van der Waals surface area contributed by atoms with Gasteiger partial charge in [-0.25, -0.2) is 4.79 Å². The molecule has 3 N–H and O–H groups in total. The lowest BCUT2D eigenvalue weighted by Crippen LogP contribution is -2.37. The number of halogens is 3. The highest BCUT2D eigenvalue weighted by Gasteiger charge is 2.38. The first-order valence-electron chi connectivity index (χ1n) is 8.79. The number of amides is 2. The molecule has 0 saturated carbocycles. The predicted molar refractivity (Wildman–Crippen MR) is 95.3 cm³/mol. The van der Waals surface area contributed by atoms with E-state index in [0.717, 1.165) is 5.56 Å². The van der Waals surface area contributed by atoms with Crippen LogP contribution < -0.4 is 10.6 Å². The van der Waals surface area contributed by atoms with E-state index in [1.54, 1.807) is 6.92 Å². The van der Waals surface area contributed by atoms with Gasteiger partial charge in [0.1, 0.15) is 0 Å². The van der Waals surface area contributed by atoms with Crippen molar-refractivity contribution in [3.8, 4) is 0 Å². The van der Waals surface area contributed by atoms with Gasteiger partial charge in [-0.2, -0.15) is 13.2 Å². The Kier molecular flexibility index (Phi) is 9.63. The van der Waals surface area contributed by atoms with Crippen LogP contribution in [-0.2, 0) is 11.3 Å². The van der Waals surface area contributed by atoms with Gasteiger partial charge in [-0.15, -0.1) is 0 Å². The fourth-order valence-corrected chi connectivity index (χ4v) is 2.53. The maximum atomic E-state index is 12.1. The van der Waals surface area contributed by atoms with Gasteiger partial charge in [0.25, 0.3) is 0 Å². The Bertz CT molecular complexity index is 582. The second-order valence-corrected chi connectivity index (χ2v) is 6.36. The van der Waals surface area contributed by atoms with Gasteiger partial charge >= 0.3 is 18.2 Å². The van der Waals surface area contributed by atoms with Crippen molar-refractivity contribution in [3.63, 3.8) is 0 Å². The first kappa shape index (κ1) is 22.8. The largest absolute Gasteiger partial charge is 0.471 e. The van der Waals surface area contributed by atoms with Gasteiger partial charge in [0, 0.05) is 25.7 Å². The zero-order valence-electron chi connectivity index (χ0n) is 15.3. The number of hydrogen-bond acceptors (Lipinski definition) is 3. The van der Waals surface area contributed by atoms with E-state index >= 15 is 0 Å². The average molecular weight is 389 g/mol. The lowest BCUT2D eigenvalue weighted by molar-refractivity contribution is -0.173. The molecule has 1 rings (SSSR count). The topological polar surface area (TPSA) is 81.7 Å². The van der Waals surface area contributed by atoms with Crippen LogP contribution >= 0.6 is 0 Å². The number of nitrogens with one attached hydrogen (secondary N) is 2. The Morgan fingerprint density at radius 2 is 1.81 bits per heavy atom. The molecule has 152 valence electrons. The summed E-state index contributed by atoms with van der Waals surface area (Å²) >= 11 is 0. The van der Waals surface area contributed by atoms with Crippen LogP contribution in [0.15, 0.2) is 30.3 Å². The molecule has 0 spiro atoms. The normalized spacial score (nSPS) is 12.6. The number of carboxylic acid groups (broad SMARTS) is 1. The van der Waals surface area contributed by atoms with Gasteiger partial charge in [-0.05, 0) is 38.3 Å². The van der Waals surface area contributed by atoms with Gasteiger partial charge in [0.15, 0.2) is 0 Å². The average Bonchev–Trinajstić information content (AvgIpc) is 2.58. The summed E-state index contributed by atoms with van der Waals surface area (Å²) in [6, 6.07) is 9.52. The monoisotopic (exact) mass is 389 g/mol. The van der Waals surface area contributed by atoms with E-state index in [0.29, 0.717) is 38.9 Å². The van der Waals surface area contributed by atoms with Crippen LogP contribution in [-0.4, -0.2) is 53.9 Å². The Balaban J connectivity index is 2.43. The molecule has 6 nitrogen and oxygen atoms in total. The number of benzene rings is 1. The van der Waals surface area contributed by atoms with E-state index < -0.39 is 18.2 Å². The first-order chi connectivity index (χ1) is 12.7. The molecular formula is C18H26F3N3O3. The maximum Gasteiger partial charge on any atom is 0.471 e. The highest BCUT2D eigenvalue weighted by molar-refractivity contribution is 5.81. The van der Waals surface area contributed by atoms with Crippen molar-refractivity contribution in [1.82, 2.24) is 15.5 Å². The highest BCUT2D eigenvalue weighted by Crippen LogP contribution is 2.14. The molecule has 0 aromatic heterocycles. The minimum Gasteiger partial charge on any atom is -0.465 e. The summed E-state index contributed by atoms with van der Waals surface area (Å²) < 4.78 is 36.4. The van der Waals surface area contributed by atoms with Crippen LogP contribution in [0.4, 0.5) is 18.0 Å². The molecule has 0 aliphatic carbocycles. The molecule has 0 bridgehead atoms. The molecule has 1 atom stereocenters. The molecule has 0 aliphatic heterocycles. The fraction of sp³-hybridized carbons (Fsp3) is 0.556. The van der Waals surface area contributed by atoms with Crippen LogP contribution in [0.3, 0.4) is 0 Å². The smallest absolute Gasteiger partial charge is 0.465 e. The van der Waals surface area contributed by atoms with Gasteiger partial charge in [0.2, 0.25) is 0 Å². The Labute approximate surface area is 156 Å². The molecular weight excluding hydrogens is 363 g/mol. The quantitative estimate of drug-likeness (QED) is 0.508. The maximum absolute atomic E-state index is 12.1. The first-order valence-corrected chi connectivity index (χ1v) is 8.79. The second kappa shape index (κ2) is 11.4. The summed E-state index contributed by atoms with van der Waals surface area (Å²) in [6.07, 6.45) is -4.27. The molecule has 0 radical (unpaired) electrons. The van der Waals surface area contributed by atoms with E-state index in [4.69, 9.17) is 5.11 Å². The van der Waals surface area contributed by atoms with Crippen LogP contribution in [0.2, 0.25) is 0 Å². The number of hydrogen-bond donors (Lipinski definition) is 3. The van der Waals surface area contributed by atoms with E-state index in [1.165, 1.54) is 0 Å². The number of carbonyl (C=O) groups excluding carboxylic acids is 1. The summed E-state index contributed by atoms with van der Waals surface area (Å²) in [4.78, 5) is 23.6. The Morgan fingerprint density at radius 3 is 2.41 bits per heavy atom. The number of nitrogens with zero attached hydrogens (tertiary/aromatic N) is 1. The molecule has 0 saturated heterocycles. The van der Waals surface area contributed by atoms with E-state index in [-0.39, 0.29) is 12.6 Å². The molecule has 1 unspecified atom stereocenters. The van der Waals surface area contributed by atoms with Crippen molar-refractivity contribution >= 4 is 12.0 Å². The summed E-state index contributed by atoms with van der Waals surface area (Å²) in [5.74, 6) is -1.92. The molecule has 1 aromatic rings. The number of carbonyl (C=O) groups is 2. The molecule has 2 amide bonds. The van der Waals surface area contributed by atoms with E-state index in [9.17, 15) is 22.8 Å². The van der Waals surface area contributed by atoms with Gasteiger partial charge in [-0.1, -0.05) is 30.3 Å². The van der Waals surface area contributed by atoms with Crippen LogP contribution in [0.5, 0.6) is 0 Å². The van der Waals surface area contributed by atoms with Crippen LogP contribution in [0.25, 0.3) is 0 Å². The van der Waals surface area contributed by atoms with Crippen molar-refractivity contribution in [2.75, 3.05) is 19.6 Å². The van der Waals surface area contributed by atoms with Gasteiger partial charge < -0.3 is 15.7 Å². The summed E-state index contributed by atoms with van der Waals surface area (Å²) in [6.45, 7) is 3.69. The molecule has 0 aliphatic rings. The Morgan fingerprint density at radius 1 is 1.15 bits per heavy atom. The second-order valence-electron chi connectivity index (χ2n) is 6.36. The van der Waals surface area contributed by atoms with E-state index in [1.807, 2.05) is 35.6 Å². The highest BCUT2D eigenvalue weighted by atomic mass is 19.4. The minimum absolute atomic E-state index is 0.0332. The summed E-state index contributed by atoms with van der Waals surface area (Å²) in [7, 11) is 0. The molecule has 1 aromatic carbocycles. The number of unbranched alkanes of at least 4 members (excludes halogenated alkanes) is 1. The zero-order valence-corrected chi connectivity index (χ0v) is 15.3. The number of rotatable bonds is 11. The lowest BCUT2D eigenvalue weighted by atomic mass is 10.1. The molecule has 9 heteroatoms. The van der Waals surface area contributed by atoms with E-state index in [2.05, 4.69) is 10.2 Å². The lowest BCUT2D eigenvalue weighted by Gasteiger charge is -2.24. The van der Waals surface area contributed by atoms with Crippen molar-refractivity contribution in [2.45, 2.75) is 44.9 Å². The zero-order chi connectivity index (χ0) is 20.3. The van der Waals surface area contributed by atoms with Crippen LogP contribution in [0, 0.1) is 0 Å².